The van der Waals surface area contributed by atoms with Gasteiger partial charge >= 0.3 is 5.97 Å². The number of halogens is 1. The molecule has 2 bridgehead atoms. The Kier molecular flexibility index (Phi) is 4.54. The molecule has 0 spiro atoms. The molecule has 1 aliphatic heterocycles. The predicted molar refractivity (Wildman–Crippen MR) is 112 cm³/mol. The van der Waals surface area contributed by atoms with E-state index < -0.39 is 0 Å². The van der Waals surface area contributed by atoms with Crippen LogP contribution in [0.2, 0.25) is 5.02 Å². The fourth-order valence-corrected chi connectivity index (χ4v) is 5.44. The standard InChI is InChI=1S/C23H21ClN2O4/c1-11-16(24)6-3-7-17(11)26-21(27)12-4-2-5-14(8-12)25-22(28)19-13-9-15-18(10-13)30-23(29)20(15)19/h2-8,13,15,18-20H,9-10H2,1H3,(H,25,28)(H,26,27). The Morgan fingerprint density at radius 1 is 1.10 bits per heavy atom. The topological polar surface area (TPSA) is 84.5 Å². The maximum Gasteiger partial charge on any atom is 0.310 e. The second-order valence-corrected chi connectivity index (χ2v) is 8.77. The van der Waals surface area contributed by atoms with Crippen molar-refractivity contribution in [3.63, 3.8) is 0 Å². The van der Waals surface area contributed by atoms with Crippen LogP contribution < -0.4 is 10.6 Å². The minimum Gasteiger partial charge on any atom is -0.462 e. The summed E-state index contributed by atoms with van der Waals surface area (Å²) >= 11 is 6.12. The Bertz CT molecular complexity index is 1070. The van der Waals surface area contributed by atoms with Gasteiger partial charge in [-0.05, 0) is 61.6 Å². The van der Waals surface area contributed by atoms with E-state index in [1.807, 2.05) is 6.92 Å². The van der Waals surface area contributed by atoms with Gasteiger partial charge in [-0.3, -0.25) is 14.4 Å². The number of carbonyl (C=O) groups excluding carboxylic acids is 3. The average Bonchev–Trinajstić information content (AvgIpc) is 3.34. The van der Waals surface area contributed by atoms with Crippen LogP contribution in [0.1, 0.15) is 28.8 Å². The largest absolute Gasteiger partial charge is 0.462 e. The van der Waals surface area contributed by atoms with Crippen LogP contribution in [0.3, 0.4) is 0 Å². The first-order chi connectivity index (χ1) is 14.4. The van der Waals surface area contributed by atoms with Gasteiger partial charge in [0.05, 0.1) is 11.8 Å². The number of hydrogen-bond donors (Lipinski definition) is 2. The number of benzene rings is 2. The van der Waals surface area contributed by atoms with Gasteiger partial charge in [-0.2, -0.15) is 0 Å². The molecule has 0 radical (unpaired) electrons. The summed E-state index contributed by atoms with van der Waals surface area (Å²) in [5.74, 6) is -1.02. The van der Waals surface area contributed by atoms with Gasteiger partial charge in [-0.15, -0.1) is 0 Å². The van der Waals surface area contributed by atoms with E-state index in [2.05, 4.69) is 10.6 Å². The molecule has 30 heavy (non-hydrogen) atoms. The molecule has 154 valence electrons. The lowest BCUT2D eigenvalue weighted by Gasteiger charge is -2.23. The van der Waals surface area contributed by atoms with Crippen molar-refractivity contribution >= 4 is 40.8 Å². The summed E-state index contributed by atoms with van der Waals surface area (Å²) in [6.45, 7) is 1.84. The summed E-state index contributed by atoms with van der Waals surface area (Å²) in [6, 6.07) is 12.1. The third-order valence-electron chi connectivity index (χ3n) is 6.69. The summed E-state index contributed by atoms with van der Waals surface area (Å²) in [4.78, 5) is 37.8. The summed E-state index contributed by atoms with van der Waals surface area (Å²) < 4.78 is 5.41. The third-order valence-corrected chi connectivity index (χ3v) is 7.10. The normalized spacial score (nSPS) is 28.3. The molecule has 1 saturated heterocycles. The Balaban J connectivity index is 1.31. The first-order valence-corrected chi connectivity index (χ1v) is 10.5. The maximum atomic E-state index is 13.0. The smallest absolute Gasteiger partial charge is 0.310 e. The SMILES string of the molecule is Cc1c(Cl)cccc1NC(=O)c1cccc(NC(=O)C2C3CC4OC(=O)C2C4C3)c1. The van der Waals surface area contributed by atoms with Crippen LogP contribution in [0, 0.1) is 30.6 Å². The van der Waals surface area contributed by atoms with Gasteiger partial charge in [-0.1, -0.05) is 23.7 Å². The van der Waals surface area contributed by atoms with Crippen LogP contribution in [0.15, 0.2) is 42.5 Å². The number of amides is 2. The highest BCUT2D eigenvalue weighted by Crippen LogP contribution is 2.57. The Hall–Kier alpha value is -2.86. The molecule has 6 nitrogen and oxygen atoms in total. The van der Waals surface area contributed by atoms with E-state index in [9.17, 15) is 14.4 Å². The molecule has 2 aromatic carbocycles. The van der Waals surface area contributed by atoms with Crippen LogP contribution in [0.25, 0.3) is 0 Å². The second-order valence-electron chi connectivity index (χ2n) is 8.36. The molecule has 2 N–H and O–H groups in total. The summed E-state index contributed by atoms with van der Waals surface area (Å²) in [5, 5.41) is 6.34. The molecule has 2 amide bonds. The number of hydrogen-bond acceptors (Lipinski definition) is 4. The van der Waals surface area contributed by atoms with Crippen molar-refractivity contribution in [1.29, 1.82) is 0 Å². The zero-order valence-corrected chi connectivity index (χ0v) is 17.1. The highest BCUT2D eigenvalue weighted by Gasteiger charge is 2.63. The Morgan fingerprint density at radius 2 is 1.90 bits per heavy atom. The number of carbonyl (C=O) groups is 3. The van der Waals surface area contributed by atoms with Crippen LogP contribution in [-0.4, -0.2) is 23.9 Å². The molecule has 5 atom stereocenters. The molecule has 5 unspecified atom stereocenters. The van der Waals surface area contributed by atoms with E-state index in [1.165, 1.54) is 0 Å². The van der Waals surface area contributed by atoms with E-state index in [-0.39, 0.29) is 47.6 Å². The lowest BCUT2D eigenvalue weighted by molar-refractivity contribution is -0.145. The van der Waals surface area contributed by atoms with Gasteiger partial charge in [0, 0.05) is 27.9 Å². The van der Waals surface area contributed by atoms with E-state index in [4.69, 9.17) is 16.3 Å². The first kappa shape index (κ1) is 19.1. The summed E-state index contributed by atoms with van der Waals surface area (Å²) in [7, 11) is 0. The zero-order chi connectivity index (χ0) is 21.0. The lowest BCUT2D eigenvalue weighted by atomic mass is 9.79. The fourth-order valence-electron chi connectivity index (χ4n) is 5.26. The molecule has 7 heteroatoms. The Morgan fingerprint density at radius 3 is 2.73 bits per heavy atom. The molecular formula is C23H21ClN2O4. The zero-order valence-electron chi connectivity index (χ0n) is 16.4. The highest BCUT2D eigenvalue weighted by molar-refractivity contribution is 6.31. The van der Waals surface area contributed by atoms with Gasteiger partial charge in [0.2, 0.25) is 5.91 Å². The number of ether oxygens (including phenoxy) is 1. The molecule has 3 fully saturated rings. The number of esters is 1. The lowest BCUT2D eigenvalue weighted by Crippen LogP contribution is -2.35. The third kappa shape index (κ3) is 3.06. The molecule has 1 heterocycles. The van der Waals surface area contributed by atoms with E-state index in [0.717, 1.165) is 18.4 Å². The monoisotopic (exact) mass is 424 g/mol. The minimum atomic E-state index is -0.354. The van der Waals surface area contributed by atoms with E-state index in [1.54, 1.807) is 42.5 Å². The van der Waals surface area contributed by atoms with Gasteiger partial charge in [0.1, 0.15) is 6.10 Å². The fraction of sp³-hybridized carbons (Fsp3) is 0.348. The molecule has 2 aliphatic carbocycles. The number of nitrogens with one attached hydrogen (secondary N) is 2. The predicted octanol–water partition coefficient (Wildman–Crippen LogP) is 4.04. The molecule has 0 aromatic heterocycles. The first-order valence-electron chi connectivity index (χ1n) is 10.1. The number of fused-ring (bicyclic) bond motifs is 1. The van der Waals surface area contributed by atoms with Crippen molar-refractivity contribution < 1.29 is 19.1 Å². The molecule has 5 rings (SSSR count). The van der Waals surface area contributed by atoms with Crippen molar-refractivity contribution in [2.24, 2.45) is 23.7 Å². The van der Waals surface area contributed by atoms with E-state index >= 15 is 0 Å². The van der Waals surface area contributed by atoms with Crippen LogP contribution in [-0.2, 0) is 14.3 Å². The molecular weight excluding hydrogens is 404 g/mol. The number of anilines is 2. The molecule has 2 saturated carbocycles. The molecule has 3 aliphatic rings. The van der Waals surface area contributed by atoms with Gasteiger partial charge in [0.25, 0.3) is 5.91 Å². The second kappa shape index (κ2) is 7.13. The van der Waals surface area contributed by atoms with Gasteiger partial charge in [-0.25, -0.2) is 0 Å². The summed E-state index contributed by atoms with van der Waals surface area (Å²) in [6.07, 6.45) is 1.64. The average molecular weight is 425 g/mol. The van der Waals surface area contributed by atoms with Crippen molar-refractivity contribution in [2.75, 3.05) is 10.6 Å². The van der Waals surface area contributed by atoms with Gasteiger partial charge in [0.15, 0.2) is 0 Å². The minimum absolute atomic E-state index is 0.00137. The Labute approximate surface area is 178 Å². The summed E-state index contributed by atoms with van der Waals surface area (Å²) in [5.41, 5.74) is 2.37. The maximum absolute atomic E-state index is 13.0. The van der Waals surface area contributed by atoms with Gasteiger partial charge < -0.3 is 15.4 Å². The molecule has 2 aromatic rings. The van der Waals surface area contributed by atoms with Crippen molar-refractivity contribution in [3.8, 4) is 0 Å². The number of rotatable bonds is 4. The van der Waals surface area contributed by atoms with Crippen molar-refractivity contribution in [1.82, 2.24) is 0 Å². The van der Waals surface area contributed by atoms with Crippen molar-refractivity contribution in [3.05, 3.63) is 58.6 Å². The van der Waals surface area contributed by atoms with Crippen LogP contribution >= 0.6 is 11.6 Å². The van der Waals surface area contributed by atoms with Crippen LogP contribution in [0.4, 0.5) is 11.4 Å². The van der Waals surface area contributed by atoms with E-state index in [0.29, 0.717) is 22.0 Å². The van der Waals surface area contributed by atoms with Crippen LogP contribution in [0.5, 0.6) is 0 Å². The quantitative estimate of drug-likeness (QED) is 0.725. The highest BCUT2D eigenvalue weighted by atomic mass is 35.5. The van der Waals surface area contributed by atoms with Crippen molar-refractivity contribution in [2.45, 2.75) is 25.9 Å².